The van der Waals surface area contributed by atoms with Crippen LogP contribution in [0.3, 0.4) is 0 Å². The van der Waals surface area contributed by atoms with Gasteiger partial charge in [0.05, 0.1) is 21.4 Å². The summed E-state index contributed by atoms with van der Waals surface area (Å²) >= 11 is 0.585. The molecular formula is C42H47F6N7O5S. The van der Waals surface area contributed by atoms with Crippen LogP contribution in [0.15, 0.2) is 18.2 Å². The number of rotatable bonds is 8. The number of anilines is 2. The predicted octanol–water partition coefficient (Wildman–Crippen LogP) is 9.82. The molecule has 7 rings (SSSR count). The van der Waals surface area contributed by atoms with Crippen molar-refractivity contribution in [3.05, 3.63) is 41.0 Å². The molecule has 0 bridgehead atoms. The molecule has 12 nitrogen and oxygen atoms in total. The molecule has 3 saturated heterocycles. The van der Waals surface area contributed by atoms with Crippen LogP contribution in [0.25, 0.3) is 32.1 Å². The Kier molecular flexibility index (Phi) is 11.5. The third kappa shape index (κ3) is 8.70. The molecule has 0 aliphatic carbocycles. The molecule has 3 atom stereocenters. The summed E-state index contributed by atoms with van der Waals surface area (Å²) in [5, 5.41) is 11.8. The third-order valence-corrected chi connectivity index (χ3v) is 12.2. The van der Waals surface area contributed by atoms with Gasteiger partial charge in [-0.25, -0.2) is 22.8 Å². The number of nitrogens with zero attached hydrogens (tertiary/aromatic N) is 6. The van der Waals surface area contributed by atoms with Crippen molar-refractivity contribution >= 4 is 55.3 Å². The van der Waals surface area contributed by atoms with Crippen LogP contribution in [0, 0.1) is 23.0 Å². The summed E-state index contributed by atoms with van der Waals surface area (Å²) in [5.74, 6) is -2.47. The average Bonchev–Trinajstić information content (AvgIpc) is 3.93. The highest BCUT2D eigenvalue weighted by atomic mass is 32.1. The summed E-state index contributed by atoms with van der Waals surface area (Å²) in [6.45, 7) is 13.1. The normalized spacial score (nSPS) is 20.9. The molecule has 3 aliphatic heterocycles. The molecular weight excluding hydrogens is 829 g/mol. The lowest BCUT2D eigenvalue weighted by Gasteiger charge is -2.32. The van der Waals surface area contributed by atoms with Crippen molar-refractivity contribution < 1.29 is 50.1 Å². The van der Waals surface area contributed by atoms with Gasteiger partial charge < -0.3 is 24.0 Å². The second-order valence-corrected chi connectivity index (χ2v) is 18.7. The Morgan fingerprint density at radius 1 is 1.07 bits per heavy atom. The number of halogens is 6. The number of carbonyl (C=O) groups is 2. The Bertz CT molecular complexity index is 2430. The van der Waals surface area contributed by atoms with E-state index < -0.39 is 86.7 Å². The van der Waals surface area contributed by atoms with E-state index in [1.807, 2.05) is 11.0 Å². The van der Waals surface area contributed by atoms with Gasteiger partial charge in [-0.05, 0) is 92.0 Å². The molecule has 0 unspecified atom stereocenters. The standard InChI is InChI=1S/C42H47F6N7O5S/c1-8-55(23-12-15-53(20-23)38(57)60-40(5,6)7)34-25-16-27(42(46,47)48)30(31(45)32(25)50-36(51-34)58-21-41-13-9-14-54(41)19-22(43)17-41)24-10-11-28(44)33-29(24)26(18-49)35(61-33)52-37(56)59-39(2,3)4/h10-11,16,22-23H,8-9,12-15,17,19-21H2,1-7H3,(H,52,56)/t22-,23+,41+/m1/s1. The van der Waals surface area contributed by atoms with Crippen molar-refractivity contribution in [3.63, 3.8) is 0 Å². The Hall–Kier alpha value is -5.09. The van der Waals surface area contributed by atoms with Crippen molar-refractivity contribution in [1.29, 1.82) is 5.26 Å². The van der Waals surface area contributed by atoms with E-state index in [2.05, 4.69) is 15.3 Å². The van der Waals surface area contributed by atoms with E-state index in [1.165, 1.54) is 4.90 Å². The van der Waals surface area contributed by atoms with Gasteiger partial charge in [-0.3, -0.25) is 10.2 Å². The number of benzene rings is 2. The summed E-state index contributed by atoms with van der Waals surface area (Å²) in [6, 6.07) is 3.52. The van der Waals surface area contributed by atoms with Crippen molar-refractivity contribution in [3.8, 4) is 23.2 Å². The summed E-state index contributed by atoms with van der Waals surface area (Å²) in [4.78, 5) is 39.9. The van der Waals surface area contributed by atoms with Gasteiger partial charge in [-0.2, -0.15) is 28.4 Å². The summed E-state index contributed by atoms with van der Waals surface area (Å²) in [5.41, 5.74) is -6.34. The Morgan fingerprint density at radius 3 is 2.44 bits per heavy atom. The first-order valence-electron chi connectivity index (χ1n) is 20.1. The lowest BCUT2D eigenvalue weighted by molar-refractivity contribution is -0.137. The lowest BCUT2D eigenvalue weighted by atomic mass is 9.92. The van der Waals surface area contributed by atoms with E-state index >= 15 is 22.0 Å². The number of carbonyl (C=O) groups excluding carboxylic acids is 2. The molecule has 328 valence electrons. The van der Waals surface area contributed by atoms with Crippen LogP contribution >= 0.6 is 11.3 Å². The van der Waals surface area contributed by atoms with E-state index in [-0.39, 0.29) is 71.5 Å². The molecule has 3 fully saturated rings. The Morgan fingerprint density at radius 2 is 1.79 bits per heavy atom. The number of thiophene rings is 1. The number of ether oxygens (including phenoxy) is 3. The second kappa shape index (κ2) is 16.0. The van der Waals surface area contributed by atoms with Crippen LogP contribution in [-0.2, 0) is 15.7 Å². The Balaban J connectivity index is 1.41. The molecule has 2 aromatic heterocycles. The molecule has 19 heteroatoms. The van der Waals surface area contributed by atoms with Crippen LogP contribution in [0.2, 0.25) is 0 Å². The van der Waals surface area contributed by atoms with Gasteiger partial charge in [-0.1, -0.05) is 6.07 Å². The average molecular weight is 876 g/mol. The summed E-state index contributed by atoms with van der Waals surface area (Å²) < 4.78 is 111. The molecule has 2 amide bonds. The molecule has 1 N–H and O–H groups in total. The second-order valence-electron chi connectivity index (χ2n) is 17.7. The van der Waals surface area contributed by atoms with Gasteiger partial charge in [0.15, 0.2) is 5.82 Å². The SMILES string of the molecule is CCN(c1nc(OC[C@@]23CCCN2C[C@H](F)C3)nc2c(F)c(-c3ccc(F)c4sc(NC(=O)OC(C)(C)C)c(C#N)c34)c(C(F)(F)F)cc12)[C@H]1CCN(C(=O)OC(C)(C)C)C1. The molecule has 0 saturated carbocycles. The number of nitriles is 1. The van der Waals surface area contributed by atoms with E-state index in [4.69, 9.17) is 14.2 Å². The molecule has 5 heterocycles. The fraction of sp³-hybridized carbons (Fsp3) is 0.548. The number of hydrogen-bond donors (Lipinski definition) is 1. The van der Waals surface area contributed by atoms with Gasteiger partial charge in [0.2, 0.25) is 0 Å². The van der Waals surface area contributed by atoms with Gasteiger partial charge >= 0.3 is 24.4 Å². The van der Waals surface area contributed by atoms with Gasteiger partial charge in [0.25, 0.3) is 0 Å². The number of alkyl halides is 4. The number of aromatic nitrogens is 2. The molecule has 0 radical (unpaired) electrons. The minimum atomic E-state index is -5.22. The third-order valence-electron chi connectivity index (χ3n) is 11.1. The fourth-order valence-electron chi connectivity index (χ4n) is 8.65. The quantitative estimate of drug-likeness (QED) is 0.171. The smallest absolute Gasteiger partial charge is 0.417 e. The first kappa shape index (κ1) is 44.0. The van der Waals surface area contributed by atoms with E-state index in [1.54, 1.807) is 53.4 Å². The van der Waals surface area contributed by atoms with E-state index in [9.17, 15) is 19.2 Å². The number of hydrogen-bond acceptors (Lipinski definition) is 11. The predicted molar refractivity (Wildman–Crippen MR) is 218 cm³/mol. The number of amides is 2. The van der Waals surface area contributed by atoms with Gasteiger partial charge in [0.1, 0.15) is 52.2 Å². The molecule has 3 aliphatic rings. The van der Waals surface area contributed by atoms with Crippen LogP contribution in [-0.4, -0.2) is 100 Å². The van der Waals surface area contributed by atoms with Crippen LogP contribution in [0.5, 0.6) is 6.01 Å². The zero-order valence-electron chi connectivity index (χ0n) is 34.9. The first-order chi connectivity index (χ1) is 28.5. The van der Waals surface area contributed by atoms with Crippen LogP contribution in [0.4, 0.5) is 46.8 Å². The number of likely N-dealkylation sites (tertiary alicyclic amines) is 1. The minimum Gasteiger partial charge on any atom is -0.461 e. The molecule has 2 aromatic carbocycles. The van der Waals surface area contributed by atoms with Crippen molar-refractivity contribution in [2.24, 2.45) is 0 Å². The maximum absolute atomic E-state index is 17.6. The zero-order chi connectivity index (χ0) is 44.4. The number of fused-ring (bicyclic) bond motifs is 3. The number of nitrogens with one attached hydrogen (secondary N) is 1. The highest BCUT2D eigenvalue weighted by Gasteiger charge is 2.49. The van der Waals surface area contributed by atoms with Crippen molar-refractivity contribution in [2.45, 2.75) is 109 Å². The van der Waals surface area contributed by atoms with Crippen molar-refractivity contribution in [1.82, 2.24) is 19.8 Å². The molecule has 0 spiro atoms. The highest BCUT2D eigenvalue weighted by molar-refractivity contribution is 7.23. The Labute approximate surface area is 352 Å². The zero-order valence-corrected chi connectivity index (χ0v) is 35.7. The van der Waals surface area contributed by atoms with Crippen molar-refractivity contribution in [2.75, 3.05) is 49.5 Å². The summed E-state index contributed by atoms with van der Waals surface area (Å²) in [7, 11) is 0. The fourth-order valence-corrected chi connectivity index (χ4v) is 9.72. The topological polar surface area (TPSA) is 133 Å². The maximum Gasteiger partial charge on any atom is 0.417 e. The first-order valence-corrected chi connectivity index (χ1v) is 20.9. The summed E-state index contributed by atoms with van der Waals surface area (Å²) in [6.07, 6.45) is -5.89. The molecule has 4 aromatic rings. The van der Waals surface area contributed by atoms with E-state index in [0.29, 0.717) is 30.7 Å². The van der Waals surface area contributed by atoms with Gasteiger partial charge in [-0.15, -0.1) is 11.3 Å². The minimum absolute atomic E-state index is 0.0676. The highest BCUT2D eigenvalue weighted by Crippen LogP contribution is 2.49. The monoisotopic (exact) mass is 875 g/mol. The van der Waals surface area contributed by atoms with E-state index in [0.717, 1.165) is 24.6 Å². The lowest BCUT2D eigenvalue weighted by Crippen LogP contribution is -2.43. The number of likely N-dealkylation sites (N-methyl/N-ethyl adjacent to an activating group) is 1. The maximum atomic E-state index is 17.6. The van der Waals surface area contributed by atoms with Crippen LogP contribution in [0.1, 0.15) is 85.3 Å². The molecule has 61 heavy (non-hydrogen) atoms. The largest absolute Gasteiger partial charge is 0.461 e. The van der Waals surface area contributed by atoms with Gasteiger partial charge in [0, 0.05) is 55.0 Å². The van der Waals surface area contributed by atoms with Crippen LogP contribution < -0.4 is 15.0 Å².